The first-order chi connectivity index (χ1) is 6.00. The van der Waals surface area contributed by atoms with Gasteiger partial charge >= 0.3 is 0 Å². The van der Waals surface area contributed by atoms with E-state index in [2.05, 4.69) is 12.5 Å². The Morgan fingerprint density at radius 3 is 2.92 bits per heavy atom. The summed E-state index contributed by atoms with van der Waals surface area (Å²) in [6.07, 6.45) is 7.72. The third kappa shape index (κ3) is 1.20. The summed E-state index contributed by atoms with van der Waals surface area (Å²) in [7, 11) is 0. The normalized spacial score (nSPS) is 38.7. The van der Waals surface area contributed by atoms with E-state index in [0.717, 1.165) is 0 Å². The Bertz CT molecular complexity index is 287. The lowest BCUT2D eigenvalue weighted by Gasteiger charge is -2.34. The molecule has 0 heterocycles. The van der Waals surface area contributed by atoms with Crippen LogP contribution in [0.4, 0.5) is 0 Å². The first kappa shape index (κ1) is 10.0. The third-order valence-electron chi connectivity index (χ3n) is 3.10. The molecule has 0 unspecified atom stereocenters. The number of carbonyl (C=O) groups excluding carboxylic acids is 1. The Kier molecular flexibility index (Phi) is 2.32. The maximum absolute atomic E-state index is 11.6. The van der Waals surface area contributed by atoms with Crippen molar-refractivity contribution in [2.75, 3.05) is 0 Å². The van der Waals surface area contributed by atoms with Crippen LogP contribution in [0.25, 0.3) is 0 Å². The van der Waals surface area contributed by atoms with Crippen molar-refractivity contribution in [2.24, 2.45) is 5.41 Å². The number of Topliss-reactive ketones (excluding diaryl/α,β-unsaturated/α-hetero) is 1. The molecule has 0 radical (unpaired) electrons. The lowest BCUT2D eigenvalue weighted by atomic mass is 9.73. The zero-order valence-electron chi connectivity index (χ0n) is 7.84. The van der Waals surface area contributed by atoms with Crippen molar-refractivity contribution in [3.8, 4) is 12.3 Å². The van der Waals surface area contributed by atoms with Crippen LogP contribution in [-0.4, -0.2) is 16.5 Å². The van der Waals surface area contributed by atoms with Gasteiger partial charge in [0.05, 0.1) is 11.0 Å². The molecule has 70 valence electrons. The molecular weight excluding hydrogens is 164 g/mol. The van der Waals surface area contributed by atoms with Crippen molar-refractivity contribution >= 4 is 5.78 Å². The monoisotopic (exact) mass is 178 g/mol. The third-order valence-corrected chi connectivity index (χ3v) is 3.10. The minimum atomic E-state index is -1.11. The number of ketones is 1. The largest absolute Gasteiger partial charge is 0.385 e. The molecule has 0 aliphatic heterocycles. The SMILES string of the molecule is C#CC[C@]1(C)C(=O)CC[C@@]1(O)C=C. The van der Waals surface area contributed by atoms with E-state index in [9.17, 15) is 9.90 Å². The molecule has 0 spiro atoms. The second-order valence-electron chi connectivity index (χ2n) is 3.76. The Balaban J connectivity index is 3.09. The number of hydrogen-bond acceptors (Lipinski definition) is 2. The molecule has 1 N–H and O–H groups in total. The van der Waals surface area contributed by atoms with Crippen LogP contribution in [0.1, 0.15) is 26.2 Å². The number of terminal acetylenes is 1. The quantitative estimate of drug-likeness (QED) is 0.511. The lowest BCUT2D eigenvalue weighted by Crippen LogP contribution is -2.43. The smallest absolute Gasteiger partial charge is 0.143 e. The van der Waals surface area contributed by atoms with Gasteiger partial charge in [-0.05, 0) is 13.3 Å². The van der Waals surface area contributed by atoms with E-state index in [1.165, 1.54) is 6.08 Å². The van der Waals surface area contributed by atoms with Crippen LogP contribution in [0, 0.1) is 17.8 Å². The predicted molar refractivity (Wildman–Crippen MR) is 50.9 cm³/mol. The highest BCUT2D eigenvalue weighted by atomic mass is 16.3. The first-order valence-corrected chi connectivity index (χ1v) is 4.33. The summed E-state index contributed by atoms with van der Waals surface area (Å²) < 4.78 is 0. The molecule has 2 atom stereocenters. The number of aliphatic hydroxyl groups is 1. The van der Waals surface area contributed by atoms with E-state index < -0.39 is 11.0 Å². The molecule has 0 bridgehead atoms. The molecule has 2 heteroatoms. The average molecular weight is 178 g/mol. The number of carbonyl (C=O) groups is 1. The van der Waals surface area contributed by atoms with Gasteiger partial charge in [0.1, 0.15) is 5.78 Å². The van der Waals surface area contributed by atoms with E-state index >= 15 is 0 Å². The van der Waals surface area contributed by atoms with Gasteiger partial charge in [-0.1, -0.05) is 6.08 Å². The Hall–Kier alpha value is -1.07. The van der Waals surface area contributed by atoms with E-state index in [1.807, 2.05) is 0 Å². The lowest BCUT2D eigenvalue weighted by molar-refractivity contribution is -0.130. The number of hydrogen-bond donors (Lipinski definition) is 1. The van der Waals surface area contributed by atoms with Gasteiger partial charge < -0.3 is 5.11 Å². The Labute approximate surface area is 78.6 Å². The van der Waals surface area contributed by atoms with Crippen LogP contribution in [0.5, 0.6) is 0 Å². The predicted octanol–water partition coefficient (Wildman–Crippen LogP) is 1.30. The van der Waals surface area contributed by atoms with E-state index in [1.54, 1.807) is 6.92 Å². The molecule has 0 aromatic rings. The maximum Gasteiger partial charge on any atom is 0.143 e. The number of rotatable bonds is 2. The fourth-order valence-electron chi connectivity index (χ4n) is 1.88. The van der Waals surface area contributed by atoms with E-state index in [4.69, 9.17) is 6.42 Å². The Morgan fingerprint density at radius 2 is 2.46 bits per heavy atom. The molecule has 2 nitrogen and oxygen atoms in total. The summed E-state index contributed by atoms with van der Waals surface area (Å²) in [5.41, 5.74) is -1.94. The van der Waals surface area contributed by atoms with Gasteiger partial charge in [-0.15, -0.1) is 18.9 Å². The molecule has 1 fully saturated rings. The molecule has 0 saturated heterocycles. The molecule has 1 aliphatic rings. The highest BCUT2D eigenvalue weighted by molar-refractivity contribution is 5.89. The van der Waals surface area contributed by atoms with Gasteiger partial charge in [0.2, 0.25) is 0 Å². The molecule has 13 heavy (non-hydrogen) atoms. The average Bonchev–Trinajstić information content (AvgIpc) is 2.32. The van der Waals surface area contributed by atoms with Crippen LogP contribution < -0.4 is 0 Å². The fourth-order valence-corrected chi connectivity index (χ4v) is 1.88. The molecule has 0 aromatic carbocycles. The standard InChI is InChI=1S/C11H14O2/c1-4-7-10(3)9(12)6-8-11(10,13)5-2/h1,5,13H,2,6-8H2,3H3/t10-,11+/m1/s1. The minimum Gasteiger partial charge on any atom is -0.385 e. The van der Waals surface area contributed by atoms with Crippen LogP contribution >= 0.6 is 0 Å². The summed E-state index contributed by atoms with van der Waals surface area (Å²) in [4.78, 5) is 11.6. The highest BCUT2D eigenvalue weighted by Gasteiger charge is 2.54. The minimum absolute atomic E-state index is 0.0350. The van der Waals surface area contributed by atoms with E-state index in [-0.39, 0.29) is 12.2 Å². The van der Waals surface area contributed by atoms with E-state index in [0.29, 0.717) is 12.8 Å². The summed E-state index contributed by atoms with van der Waals surface area (Å²) >= 11 is 0. The van der Waals surface area contributed by atoms with Crippen molar-refractivity contribution in [1.82, 2.24) is 0 Å². The molecule has 1 saturated carbocycles. The molecule has 1 rings (SSSR count). The highest BCUT2D eigenvalue weighted by Crippen LogP contribution is 2.46. The zero-order chi connectivity index (χ0) is 10.1. The van der Waals surface area contributed by atoms with Crippen LogP contribution in [-0.2, 0) is 4.79 Å². The molecule has 0 aromatic heterocycles. The van der Waals surface area contributed by atoms with Crippen LogP contribution in [0.2, 0.25) is 0 Å². The molecular formula is C11H14O2. The van der Waals surface area contributed by atoms with Crippen LogP contribution in [0.15, 0.2) is 12.7 Å². The summed E-state index contributed by atoms with van der Waals surface area (Å²) in [6, 6.07) is 0. The fraction of sp³-hybridized carbons (Fsp3) is 0.545. The first-order valence-electron chi connectivity index (χ1n) is 4.33. The molecule has 1 aliphatic carbocycles. The zero-order valence-corrected chi connectivity index (χ0v) is 7.84. The van der Waals surface area contributed by atoms with Gasteiger partial charge in [0, 0.05) is 12.8 Å². The van der Waals surface area contributed by atoms with Gasteiger partial charge in [-0.3, -0.25) is 4.79 Å². The van der Waals surface area contributed by atoms with Crippen molar-refractivity contribution in [1.29, 1.82) is 0 Å². The van der Waals surface area contributed by atoms with Gasteiger partial charge in [0.25, 0.3) is 0 Å². The summed E-state index contributed by atoms with van der Waals surface area (Å²) in [6.45, 7) is 5.27. The van der Waals surface area contributed by atoms with Crippen molar-refractivity contribution in [2.45, 2.75) is 31.8 Å². The van der Waals surface area contributed by atoms with Crippen LogP contribution in [0.3, 0.4) is 0 Å². The second-order valence-corrected chi connectivity index (χ2v) is 3.76. The van der Waals surface area contributed by atoms with Crippen molar-refractivity contribution in [3.05, 3.63) is 12.7 Å². The topological polar surface area (TPSA) is 37.3 Å². The van der Waals surface area contributed by atoms with Gasteiger partial charge in [0.15, 0.2) is 0 Å². The van der Waals surface area contributed by atoms with Gasteiger partial charge in [-0.25, -0.2) is 0 Å². The second kappa shape index (κ2) is 3.01. The maximum atomic E-state index is 11.6. The van der Waals surface area contributed by atoms with Crippen molar-refractivity contribution < 1.29 is 9.90 Å². The van der Waals surface area contributed by atoms with Gasteiger partial charge in [-0.2, -0.15) is 0 Å². The molecule has 0 amide bonds. The van der Waals surface area contributed by atoms with Crippen molar-refractivity contribution in [3.63, 3.8) is 0 Å². The summed E-state index contributed by atoms with van der Waals surface area (Å²) in [5.74, 6) is 2.48. The Morgan fingerprint density at radius 1 is 1.85 bits per heavy atom. The summed E-state index contributed by atoms with van der Waals surface area (Å²) in [5, 5.41) is 10.1.